The van der Waals surface area contributed by atoms with Crippen LogP contribution in [0.2, 0.25) is 0 Å². The number of aliphatic hydroxyl groups excluding tert-OH is 1. The van der Waals surface area contributed by atoms with Gasteiger partial charge in [0.1, 0.15) is 5.60 Å². The summed E-state index contributed by atoms with van der Waals surface area (Å²) in [6, 6.07) is 10.1. The molecule has 0 bridgehead atoms. The Balaban J connectivity index is 2.34. The monoisotopic (exact) mass is 206 g/mol. The largest absolute Gasteiger partial charge is 0.390 e. The fourth-order valence-corrected chi connectivity index (χ4v) is 2.33. The van der Waals surface area contributed by atoms with Crippen LogP contribution in [0.5, 0.6) is 0 Å². The Morgan fingerprint density at radius 2 is 2.00 bits per heavy atom. The number of ether oxygens (including phenoxy) is 1. The number of rotatable bonds is 2. The van der Waals surface area contributed by atoms with E-state index in [0.29, 0.717) is 0 Å². The van der Waals surface area contributed by atoms with Crippen molar-refractivity contribution in [2.75, 3.05) is 6.61 Å². The van der Waals surface area contributed by atoms with Crippen LogP contribution in [0.4, 0.5) is 0 Å². The van der Waals surface area contributed by atoms with Crippen molar-refractivity contribution in [2.45, 2.75) is 37.9 Å². The zero-order chi connectivity index (χ0) is 10.7. The van der Waals surface area contributed by atoms with Crippen LogP contribution in [0.25, 0.3) is 0 Å². The van der Waals surface area contributed by atoms with E-state index in [4.69, 9.17) is 4.74 Å². The van der Waals surface area contributed by atoms with E-state index in [9.17, 15) is 5.11 Å². The average Bonchev–Trinajstić information content (AvgIpc) is 2.31. The minimum absolute atomic E-state index is 0.458. The van der Waals surface area contributed by atoms with Gasteiger partial charge in [0, 0.05) is 6.61 Å². The van der Waals surface area contributed by atoms with Gasteiger partial charge in [-0.3, -0.25) is 0 Å². The predicted octanol–water partition coefficient (Wildman–Crippen LogP) is 2.46. The molecule has 0 saturated carbocycles. The Morgan fingerprint density at radius 3 is 2.53 bits per heavy atom. The van der Waals surface area contributed by atoms with Gasteiger partial charge in [0.25, 0.3) is 0 Å². The van der Waals surface area contributed by atoms with Gasteiger partial charge in [-0.1, -0.05) is 30.3 Å². The van der Waals surface area contributed by atoms with Crippen LogP contribution in [0.15, 0.2) is 30.3 Å². The fraction of sp³-hybridized carbons (Fsp3) is 0.538. The summed E-state index contributed by atoms with van der Waals surface area (Å²) in [5.74, 6) is 0. The lowest BCUT2D eigenvalue weighted by Crippen LogP contribution is -2.43. The fourth-order valence-electron chi connectivity index (χ4n) is 2.33. The van der Waals surface area contributed by atoms with Gasteiger partial charge in [-0.2, -0.15) is 0 Å². The van der Waals surface area contributed by atoms with Gasteiger partial charge in [0.05, 0.1) is 6.10 Å². The standard InChI is InChI=1S/C13H18O2/c1-11(14)13(9-5-6-10-15-13)12-7-3-2-4-8-12/h2-4,7-8,11,14H,5-6,9-10H2,1H3/t11?,13-/m0/s1. The van der Waals surface area contributed by atoms with Crippen molar-refractivity contribution in [1.82, 2.24) is 0 Å². The molecular formula is C13H18O2. The lowest BCUT2D eigenvalue weighted by molar-refractivity contribution is -0.148. The van der Waals surface area contributed by atoms with Crippen molar-refractivity contribution in [3.63, 3.8) is 0 Å². The minimum atomic E-state index is -0.473. The molecule has 1 heterocycles. The third-order valence-electron chi connectivity index (χ3n) is 3.24. The Labute approximate surface area is 90.9 Å². The molecule has 0 aliphatic carbocycles. The summed E-state index contributed by atoms with van der Waals surface area (Å²) in [5.41, 5.74) is 0.624. The van der Waals surface area contributed by atoms with Gasteiger partial charge in [0.15, 0.2) is 0 Å². The van der Waals surface area contributed by atoms with E-state index in [1.807, 2.05) is 37.3 Å². The Kier molecular flexibility index (Phi) is 3.08. The van der Waals surface area contributed by atoms with Gasteiger partial charge in [-0.15, -0.1) is 0 Å². The highest BCUT2D eigenvalue weighted by Crippen LogP contribution is 2.37. The third-order valence-corrected chi connectivity index (χ3v) is 3.24. The van der Waals surface area contributed by atoms with Crippen LogP contribution in [0.3, 0.4) is 0 Å². The van der Waals surface area contributed by atoms with E-state index in [2.05, 4.69) is 0 Å². The second-order valence-corrected chi connectivity index (χ2v) is 4.24. The molecule has 1 aliphatic rings. The highest BCUT2D eigenvalue weighted by molar-refractivity contribution is 5.24. The number of aliphatic hydroxyl groups is 1. The van der Waals surface area contributed by atoms with E-state index < -0.39 is 11.7 Å². The molecule has 1 aliphatic heterocycles. The molecule has 1 aromatic rings. The van der Waals surface area contributed by atoms with E-state index in [1.165, 1.54) is 0 Å². The molecule has 0 radical (unpaired) electrons. The molecule has 1 aromatic carbocycles. The summed E-state index contributed by atoms with van der Waals surface area (Å²) in [5, 5.41) is 9.96. The SMILES string of the molecule is CC(O)[C@]1(c2ccccc2)CCCCO1. The van der Waals surface area contributed by atoms with Crippen molar-refractivity contribution in [2.24, 2.45) is 0 Å². The highest BCUT2D eigenvalue weighted by atomic mass is 16.5. The summed E-state index contributed by atoms with van der Waals surface area (Å²) >= 11 is 0. The summed E-state index contributed by atoms with van der Waals surface area (Å²) in [6.07, 6.45) is 2.68. The van der Waals surface area contributed by atoms with Crippen molar-refractivity contribution < 1.29 is 9.84 Å². The Morgan fingerprint density at radius 1 is 1.27 bits per heavy atom. The first-order chi connectivity index (χ1) is 7.26. The maximum atomic E-state index is 9.96. The summed E-state index contributed by atoms with van der Waals surface area (Å²) in [4.78, 5) is 0. The molecule has 2 heteroatoms. The van der Waals surface area contributed by atoms with Gasteiger partial charge in [-0.25, -0.2) is 0 Å². The molecule has 1 unspecified atom stereocenters. The molecule has 0 spiro atoms. The summed E-state index contributed by atoms with van der Waals surface area (Å²) in [7, 11) is 0. The first kappa shape index (κ1) is 10.7. The van der Waals surface area contributed by atoms with Gasteiger partial charge in [0.2, 0.25) is 0 Å². The molecule has 0 amide bonds. The summed E-state index contributed by atoms with van der Waals surface area (Å²) < 4.78 is 5.86. The van der Waals surface area contributed by atoms with Crippen molar-refractivity contribution in [3.05, 3.63) is 35.9 Å². The molecule has 2 nitrogen and oxygen atoms in total. The molecule has 0 aromatic heterocycles. The molecule has 2 rings (SSSR count). The third kappa shape index (κ3) is 1.92. The second-order valence-electron chi connectivity index (χ2n) is 4.24. The van der Waals surface area contributed by atoms with Crippen molar-refractivity contribution >= 4 is 0 Å². The van der Waals surface area contributed by atoms with Gasteiger partial charge in [-0.05, 0) is 31.7 Å². The lowest BCUT2D eigenvalue weighted by Gasteiger charge is -2.40. The first-order valence-electron chi connectivity index (χ1n) is 5.63. The quantitative estimate of drug-likeness (QED) is 0.805. The van der Waals surface area contributed by atoms with Crippen LogP contribution in [0, 0.1) is 0 Å². The molecule has 1 fully saturated rings. The van der Waals surface area contributed by atoms with Crippen LogP contribution in [-0.4, -0.2) is 17.8 Å². The Hall–Kier alpha value is -0.860. The lowest BCUT2D eigenvalue weighted by atomic mass is 9.82. The zero-order valence-corrected chi connectivity index (χ0v) is 9.15. The normalized spacial score (nSPS) is 28.7. The number of hydrogen-bond acceptors (Lipinski definition) is 2. The molecule has 1 N–H and O–H groups in total. The summed E-state index contributed by atoms with van der Waals surface area (Å²) in [6.45, 7) is 2.57. The van der Waals surface area contributed by atoms with Crippen LogP contribution >= 0.6 is 0 Å². The van der Waals surface area contributed by atoms with Crippen molar-refractivity contribution in [1.29, 1.82) is 0 Å². The zero-order valence-electron chi connectivity index (χ0n) is 9.15. The molecule has 82 valence electrons. The van der Waals surface area contributed by atoms with E-state index in [0.717, 1.165) is 31.4 Å². The van der Waals surface area contributed by atoms with Gasteiger partial charge < -0.3 is 9.84 Å². The van der Waals surface area contributed by atoms with Crippen LogP contribution in [0.1, 0.15) is 31.7 Å². The van der Waals surface area contributed by atoms with E-state index >= 15 is 0 Å². The highest BCUT2D eigenvalue weighted by Gasteiger charge is 2.39. The second kappa shape index (κ2) is 4.33. The maximum absolute atomic E-state index is 9.96. The molecular weight excluding hydrogens is 188 g/mol. The van der Waals surface area contributed by atoms with E-state index in [1.54, 1.807) is 0 Å². The number of hydrogen-bond donors (Lipinski definition) is 1. The topological polar surface area (TPSA) is 29.5 Å². The molecule has 2 atom stereocenters. The van der Waals surface area contributed by atoms with Crippen molar-refractivity contribution in [3.8, 4) is 0 Å². The molecule has 15 heavy (non-hydrogen) atoms. The smallest absolute Gasteiger partial charge is 0.119 e. The predicted molar refractivity (Wildman–Crippen MR) is 59.6 cm³/mol. The Bertz CT molecular complexity index is 300. The maximum Gasteiger partial charge on any atom is 0.119 e. The van der Waals surface area contributed by atoms with Crippen LogP contribution < -0.4 is 0 Å². The van der Waals surface area contributed by atoms with E-state index in [-0.39, 0.29) is 0 Å². The molecule has 1 saturated heterocycles. The van der Waals surface area contributed by atoms with Crippen LogP contribution in [-0.2, 0) is 10.3 Å². The average molecular weight is 206 g/mol. The first-order valence-corrected chi connectivity index (χ1v) is 5.63. The minimum Gasteiger partial charge on any atom is -0.390 e. The van der Waals surface area contributed by atoms with Gasteiger partial charge >= 0.3 is 0 Å². The number of benzene rings is 1.